The van der Waals surface area contributed by atoms with Crippen LogP contribution in [0.5, 0.6) is 5.75 Å². The van der Waals surface area contributed by atoms with Gasteiger partial charge in [-0.15, -0.1) is 0 Å². The zero-order chi connectivity index (χ0) is 15.7. The number of benzene rings is 1. The van der Waals surface area contributed by atoms with E-state index in [9.17, 15) is 4.39 Å². The van der Waals surface area contributed by atoms with Gasteiger partial charge < -0.3 is 20.1 Å². The van der Waals surface area contributed by atoms with Crippen molar-refractivity contribution >= 4 is 5.96 Å². The first kappa shape index (κ1) is 17.2. The molecule has 118 valence electrons. The number of nitrogens with zero attached hydrogens (tertiary/aromatic N) is 1. The average molecular weight is 297 g/mol. The molecular weight excluding hydrogens is 273 g/mol. The molecule has 0 aliphatic carbocycles. The van der Waals surface area contributed by atoms with Crippen molar-refractivity contribution in [2.24, 2.45) is 4.99 Å². The summed E-state index contributed by atoms with van der Waals surface area (Å²) >= 11 is 0. The molecule has 1 rings (SSSR count). The summed E-state index contributed by atoms with van der Waals surface area (Å²) in [6.45, 7) is 5.32. The molecule has 0 saturated heterocycles. The molecule has 0 spiro atoms. The Kier molecular flexibility index (Phi) is 7.53. The Morgan fingerprint density at radius 3 is 2.76 bits per heavy atom. The van der Waals surface area contributed by atoms with Gasteiger partial charge in [0, 0.05) is 26.7 Å². The molecule has 5 nitrogen and oxygen atoms in total. The van der Waals surface area contributed by atoms with Crippen molar-refractivity contribution in [1.82, 2.24) is 10.6 Å². The van der Waals surface area contributed by atoms with E-state index in [4.69, 9.17) is 9.47 Å². The smallest absolute Gasteiger partial charge is 0.191 e. The fraction of sp³-hybridized carbons (Fsp3) is 0.533. The van der Waals surface area contributed by atoms with Crippen molar-refractivity contribution in [3.05, 3.63) is 29.6 Å². The molecule has 21 heavy (non-hydrogen) atoms. The van der Waals surface area contributed by atoms with Gasteiger partial charge in [-0.2, -0.15) is 0 Å². The second-order valence-electron chi connectivity index (χ2n) is 4.62. The zero-order valence-electron chi connectivity index (χ0n) is 13.1. The van der Waals surface area contributed by atoms with Crippen LogP contribution in [0.2, 0.25) is 0 Å². The van der Waals surface area contributed by atoms with Gasteiger partial charge in [0.2, 0.25) is 0 Å². The number of halogens is 1. The molecule has 0 fully saturated rings. The normalized spacial score (nSPS) is 12.9. The number of rotatable bonds is 7. The van der Waals surface area contributed by atoms with E-state index < -0.39 is 0 Å². The Morgan fingerprint density at radius 2 is 2.19 bits per heavy atom. The molecule has 0 saturated carbocycles. The number of hydrogen-bond acceptors (Lipinski definition) is 3. The lowest BCUT2D eigenvalue weighted by atomic mass is 10.2. The van der Waals surface area contributed by atoms with Crippen LogP contribution in [0.25, 0.3) is 0 Å². The summed E-state index contributed by atoms with van der Waals surface area (Å²) < 4.78 is 24.0. The van der Waals surface area contributed by atoms with Crippen LogP contribution in [-0.2, 0) is 11.3 Å². The van der Waals surface area contributed by atoms with Crippen molar-refractivity contribution < 1.29 is 13.9 Å². The highest BCUT2D eigenvalue weighted by Gasteiger charge is 2.07. The third-order valence-electron chi connectivity index (χ3n) is 2.78. The van der Waals surface area contributed by atoms with Crippen molar-refractivity contribution in [3.63, 3.8) is 0 Å². The van der Waals surface area contributed by atoms with Crippen LogP contribution in [0, 0.1) is 5.82 Å². The predicted octanol–water partition coefficient (Wildman–Crippen LogP) is 1.92. The Balaban J connectivity index is 2.55. The van der Waals surface area contributed by atoms with Crippen molar-refractivity contribution in [2.45, 2.75) is 26.4 Å². The second-order valence-corrected chi connectivity index (χ2v) is 4.62. The third-order valence-corrected chi connectivity index (χ3v) is 2.78. The maximum atomic E-state index is 13.7. The number of hydrogen-bond donors (Lipinski definition) is 2. The van der Waals surface area contributed by atoms with Crippen molar-refractivity contribution in [2.75, 3.05) is 27.4 Å². The Hall–Kier alpha value is -1.82. The number of guanidine groups is 1. The molecule has 0 radical (unpaired) electrons. The zero-order valence-corrected chi connectivity index (χ0v) is 13.1. The maximum Gasteiger partial charge on any atom is 0.191 e. The molecule has 2 N–H and O–H groups in total. The maximum absolute atomic E-state index is 13.7. The monoisotopic (exact) mass is 297 g/mol. The number of nitrogens with one attached hydrogen (secondary N) is 2. The van der Waals surface area contributed by atoms with E-state index in [0.29, 0.717) is 25.7 Å². The number of methoxy groups -OCH3 is 1. The van der Waals surface area contributed by atoms with E-state index in [-0.39, 0.29) is 17.6 Å². The van der Waals surface area contributed by atoms with E-state index in [1.165, 1.54) is 6.07 Å². The molecule has 1 unspecified atom stereocenters. The van der Waals surface area contributed by atoms with Gasteiger partial charge in [0.1, 0.15) is 0 Å². The molecule has 0 aliphatic heterocycles. The largest absolute Gasteiger partial charge is 0.491 e. The summed E-state index contributed by atoms with van der Waals surface area (Å²) in [7, 11) is 3.34. The topological polar surface area (TPSA) is 54.9 Å². The van der Waals surface area contributed by atoms with Gasteiger partial charge in [0.25, 0.3) is 0 Å². The molecule has 1 aromatic rings. The van der Waals surface area contributed by atoms with Gasteiger partial charge >= 0.3 is 0 Å². The van der Waals surface area contributed by atoms with E-state index in [0.717, 1.165) is 5.56 Å². The van der Waals surface area contributed by atoms with Crippen molar-refractivity contribution in [3.8, 4) is 5.75 Å². The molecule has 0 amide bonds. The fourth-order valence-corrected chi connectivity index (χ4v) is 1.83. The molecule has 0 aromatic heterocycles. The Bertz CT molecular complexity index is 466. The first-order valence-electron chi connectivity index (χ1n) is 6.98. The average Bonchev–Trinajstić information content (AvgIpc) is 2.46. The summed E-state index contributed by atoms with van der Waals surface area (Å²) in [6.07, 6.45) is 0. The second kappa shape index (κ2) is 9.18. The molecule has 0 bridgehead atoms. The fourth-order valence-electron chi connectivity index (χ4n) is 1.83. The Morgan fingerprint density at radius 1 is 1.43 bits per heavy atom. The van der Waals surface area contributed by atoms with Gasteiger partial charge in [0.15, 0.2) is 17.5 Å². The molecular formula is C15H24FN3O2. The number of aliphatic imine (C=N–C) groups is 1. The van der Waals surface area contributed by atoms with E-state index in [2.05, 4.69) is 15.6 Å². The molecule has 0 heterocycles. The highest BCUT2D eigenvalue weighted by molar-refractivity contribution is 5.79. The highest BCUT2D eigenvalue weighted by Crippen LogP contribution is 2.18. The summed E-state index contributed by atoms with van der Waals surface area (Å²) in [6, 6.07) is 5.06. The quantitative estimate of drug-likeness (QED) is 0.596. The minimum absolute atomic E-state index is 0.137. The summed E-state index contributed by atoms with van der Waals surface area (Å²) in [4.78, 5) is 4.12. The van der Waals surface area contributed by atoms with E-state index >= 15 is 0 Å². The first-order valence-corrected chi connectivity index (χ1v) is 6.98. The molecule has 1 aromatic carbocycles. The van der Waals surface area contributed by atoms with Crippen LogP contribution < -0.4 is 15.4 Å². The molecule has 1 atom stereocenters. The van der Waals surface area contributed by atoms with Crippen LogP contribution in [0.1, 0.15) is 19.4 Å². The van der Waals surface area contributed by atoms with Gasteiger partial charge in [-0.1, -0.05) is 6.07 Å². The van der Waals surface area contributed by atoms with Crippen LogP contribution in [0.3, 0.4) is 0 Å². The minimum Gasteiger partial charge on any atom is -0.491 e. The van der Waals surface area contributed by atoms with Gasteiger partial charge in [-0.25, -0.2) is 4.39 Å². The summed E-state index contributed by atoms with van der Waals surface area (Å²) in [5.74, 6) is 0.568. The van der Waals surface area contributed by atoms with Gasteiger partial charge in [-0.05, 0) is 31.5 Å². The lowest BCUT2D eigenvalue weighted by molar-refractivity contribution is 0.179. The third kappa shape index (κ3) is 5.99. The predicted molar refractivity (Wildman–Crippen MR) is 82.2 cm³/mol. The SMILES string of the molecule is CCOc1ccc(CNC(=NC)NC(C)COC)cc1F. The van der Waals surface area contributed by atoms with Crippen molar-refractivity contribution in [1.29, 1.82) is 0 Å². The number of ether oxygens (including phenoxy) is 2. The van der Waals surface area contributed by atoms with Crippen LogP contribution >= 0.6 is 0 Å². The lowest BCUT2D eigenvalue weighted by Crippen LogP contribution is -2.43. The van der Waals surface area contributed by atoms with Gasteiger partial charge in [0.05, 0.1) is 13.2 Å². The molecule has 0 aliphatic rings. The standard InChI is InChI=1S/C15H24FN3O2/c1-5-21-14-7-6-12(8-13(14)16)9-18-15(17-3)19-11(2)10-20-4/h6-8,11H,5,9-10H2,1-4H3,(H2,17,18,19). The summed E-state index contributed by atoms with van der Waals surface area (Å²) in [5, 5.41) is 6.31. The first-order chi connectivity index (χ1) is 10.1. The minimum atomic E-state index is -0.355. The van der Waals surface area contributed by atoms with Crippen LogP contribution in [-0.4, -0.2) is 39.4 Å². The van der Waals surface area contributed by atoms with Gasteiger partial charge in [-0.3, -0.25) is 4.99 Å². The lowest BCUT2D eigenvalue weighted by Gasteiger charge is -2.17. The molecule has 6 heteroatoms. The van der Waals surface area contributed by atoms with Crippen LogP contribution in [0.15, 0.2) is 23.2 Å². The summed E-state index contributed by atoms with van der Waals surface area (Å²) in [5.41, 5.74) is 0.818. The van der Waals surface area contributed by atoms with E-state index in [1.807, 2.05) is 19.9 Å². The Labute approximate surface area is 125 Å². The highest BCUT2D eigenvalue weighted by atomic mass is 19.1. The van der Waals surface area contributed by atoms with E-state index in [1.54, 1.807) is 20.2 Å². The van der Waals surface area contributed by atoms with Crippen LogP contribution in [0.4, 0.5) is 4.39 Å².